The van der Waals surface area contributed by atoms with Gasteiger partial charge in [-0.15, -0.1) is 0 Å². The van der Waals surface area contributed by atoms with Crippen molar-refractivity contribution in [3.63, 3.8) is 0 Å². The SMILES string of the molecule is CCCCCCC1(C#N)CCC(C)C1. The maximum atomic E-state index is 9.24. The van der Waals surface area contributed by atoms with Crippen LogP contribution < -0.4 is 0 Å². The lowest BCUT2D eigenvalue weighted by Gasteiger charge is -2.20. The zero-order valence-corrected chi connectivity index (χ0v) is 9.68. The van der Waals surface area contributed by atoms with Crippen molar-refractivity contribution in [1.82, 2.24) is 0 Å². The zero-order chi connectivity index (χ0) is 10.4. The van der Waals surface area contributed by atoms with E-state index in [9.17, 15) is 5.26 Å². The van der Waals surface area contributed by atoms with Gasteiger partial charge in [-0.25, -0.2) is 0 Å². The molecule has 0 aromatic rings. The van der Waals surface area contributed by atoms with E-state index < -0.39 is 0 Å². The second-order valence-electron chi connectivity index (χ2n) is 5.05. The van der Waals surface area contributed by atoms with Crippen LogP contribution in [0.2, 0.25) is 0 Å². The normalized spacial score (nSPS) is 31.6. The van der Waals surface area contributed by atoms with Gasteiger partial charge in [-0.2, -0.15) is 5.26 Å². The van der Waals surface area contributed by atoms with Crippen LogP contribution in [0.3, 0.4) is 0 Å². The quantitative estimate of drug-likeness (QED) is 0.598. The highest BCUT2D eigenvalue weighted by Crippen LogP contribution is 2.44. The summed E-state index contributed by atoms with van der Waals surface area (Å²) in [6, 6.07) is 2.58. The summed E-state index contributed by atoms with van der Waals surface area (Å²) in [6.07, 6.45) is 9.90. The lowest BCUT2D eigenvalue weighted by atomic mass is 9.82. The van der Waals surface area contributed by atoms with Gasteiger partial charge in [-0.3, -0.25) is 0 Å². The molecule has 1 heteroatoms. The molecule has 0 bridgehead atoms. The van der Waals surface area contributed by atoms with Crippen LogP contribution in [0.5, 0.6) is 0 Å². The van der Waals surface area contributed by atoms with E-state index >= 15 is 0 Å². The average Bonchev–Trinajstić information content (AvgIpc) is 2.56. The van der Waals surface area contributed by atoms with Crippen LogP contribution in [-0.4, -0.2) is 0 Å². The van der Waals surface area contributed by atoms with Crippen molar-refractivity contribution in [3.05, 3.63) is 0 Å². The Morgan fingerprint density at radius 2 is 2.14 bits per heavy atom. The van der Waals surface area contributed by atoms with Gasteiger partial charge in [0, 0.05) is 0 Å². The van der Waals surface area contributed by atoms with Crippen molar-refractivity contribution >= 4 is 0 Å². The molecule has 0 spiro atoms. The molecule has 0 amide bonds. The summed E-state index contributed by atoms with van der Waals surface area (Å²) in [5, 5.41) is 9.24. The van der Waals surface area contributed by atoms with Gasteiger partial charge < -0.3 is 0 Å². The molecular formula is C13H23N. The minimum atomic E-state index is 0.0627. The van der Waals surface area contributed by atoms with Gasteiger partial charge in [0.2, 0.25) is 0 Å². The summed E-state index contributed by atoms with van der Waals surface area (Å²) in [5.74, 6) is 0.779. The highest BCUT2D eigenvalue weighted by atomic mass is 14.4. The zero-order valence-electron chi connectivity index (χ0n) is 9.68. The maximum absolute atomic E-state index is 9.24. The Kier molecular flexibility index (Phi) is 4.45. The molecule has 0 aromatic carbocycles. The fraction of sp³-hybridized carbons (Fsp3) is 0.923. The second kappa shape index (κ2) is 5.39. The van der Waals surface area contributed by atoms with E-state index in [1.807, 2.05) is 0 Å². The van der Waals surface area contributed by atoms with Crippen LogP contribution in [0.25, 0.3) is 0 Å². The topological polar surface area (TPSA) is 23.8 Å². The number of rotatable bonds is 5. The Hall–Kier alpha value is -0.510. The highest BCUT2D eigenvalue weighted by molar-refractivity contribution is 5.03. The molecule has 2 unspecified atom stereocenters. The number of hydrogen-bond acceptors (Lipinski definition) is 1. The Morgan fingerprint density at radius 1 is 1.36 bits per heavy atom. The van der Waals surface area contributed by atoms with E-state index in [-0.39, 0.29) is 5.41 Å². The smallest absolute Gasteiger partial charge is 0.0689 e. The number of nitriles is 1. The van der Waals surface area contributed by atoms with Crippen LogP contribution in [0.15, 0.2) is 0 Å². The molecule has 0 N–H and O–H groups in total. The molecule has 0 aliphatic heterocycles. The van der Waals surface area contributed by atoms with Gasteiger partial charge in [-0.05, 0) is 31.6 Å². The standard InChI is InChI=1S/C13H23N/c1-3-4-5-6-8-13(11-14)9-7-12(2)10-13/h12H,3-10H2,1-2H3. The summed E-state index contributed by atoms with van der Waals surface area (Å²) in [5.41, 5.74) is 0.0627. The van der Waals surface area contributed by atoms with Crippen molar-refractivity contribution in [3.8, 4) is 6.07 Å². The Morgan fingerprint density at radius 3 is 2.64 bits per heavy atom. The van der Waals surface area contributed by atoms with Crippen LogP contribution in [-0.2, 0) is 0 Å². The molecule has 1 fully saturated rings. The molecule has 80 valence electrons. The summed E-state index contributed by atoms with van der Waals surface area (Å²) in [4.78, 5) is 0. The van der Waals surface area contributed by atoms with Gasteiger partial charge >= 0.3 is 0 Å². The Labute approximate surface area is 88.5 Å². The third-order valence-corrected chi connectivity index (χ3v) is 3.60. The molecule has 1 aliphatic carbocycles. The Balaban J connectivity index is 2.29. The van der Waals surface area contributed by atoms with Gasteiger partial charge in [0.1, 0.15) is 0 Å². The van der Waals surface area contributed by atoms with Crippen molar-refractivity contribution in [1.29, 1.82) is 5.26 Å². The van der Waals surface area contributed by atoms with Crippen LogP contribution in [0, 0.1) is 22.7 Å². The van der Waals surface area contributed by atoms with E-state index in [2.05, 4.69) is 19.9 Å². The number of nitrogens with zero attached hydrogens (tertiary/aromatic N) is 1. The predicted octanol–water partition coefficient (Wildman–Crippen LogP) is 4.29. The lowest BCUT2D eigenvalue weighted by Crippen LogP contribution is -2.13. The molecule has 0 heterocycles. The van der Waals surface area contributed by atoms with Crippen molar-refractivity contribution in [2.45, 2.75) is 65.2 Å². The van der Waals surface area contributed by atoms with Crippen molar-refractivity contribution in [2.24, 2.45) is 11.3 Å². The van der Waals surface area contributed by atoms with Crippen molar-refractivity contribution in [2.75, 3.05) is 0 Å². The molecule has 0 radical (unpaired) electrons. The van der Waals surface area contributed by atoms with E-state index in [0.29, 0.717) is 0 Å². The molecule has 1 rings (SSSR count). The number of hydrogen-bond donors (Lipinski definition) is 0. The molecule has 0 aromatic heterocycles. The third-order valence-electron chi connectivity index (χ3n) is 3.60. The first-order chi connectivity index (χ1) is 6.72. The van der Waals surface area contributed by atoms with Crippen LogP contribution >= 0.6 is 0 Å². The number of unbranched alkanes of at least 4 members (excludes halogenated alkanes) is 3. The Bertz CT molecular complexity index is 204. The van der Waals surface area contributed by atoms with Gasteiger partial charge in [0.05, 0.1) is 11.5 Å². The first-order valence-corrected chi connectivity index (χ1v) is 6.14. The van der Waals surface area contributed by atoms with Crippen LogP contribution in [0.4, 0.5) is 0 Å². The first kappa shape index (κ1) is 11.6. The van der Waals surface area contributed by atoms with E-state index in [4.69, 9.17) is 0 Å². The summed E-state index contributed by atoms with van der Waals surface area (Å²) < 4.78 is 0. The molecular weight excluding hydrogens is 170 g/mol. The molecule has 1 aliphatic rings. The van der Waals surface area contributed by atoms with E-state index in [1.165, 1.54) is 32.1 Å². The minimum Gasteiger partial charge on any atom is -0.198 e. The monoisotopic (exact) mass is 193 g/mol. The molecule has 0 saturated heterocycles. The second-order valence-corrected chi connectivity index (χ2v) is 5.05. The summed E-state index contributed by atoms with van der Waals surface area (Å²) in [7, 11) is 0. The summed E-state index contributed by atoms with van der Waals surface area (Å²) >= 11 is 0. The molecule has 1 saturated carbocycles. The van der Waals surface area contributed by atoms with Gasteiger partial charge in [0.25, 0.3) is 0 Å². The molecule has 14 heavy (non-hydrogen) atoms. The maximum Gasteiger partial charge on any atom is 0.0689 e. The van der Waals surface area contributed by atoms with Gasteiger partial charge in [-0.1, -0.05) is 39.5 Å². The molecule has 1 nitrogen and oxygen atoms in total. The fourth-order valence-corrected chi connectivity index (χ4v) is 2.67. The predicted molar refractivity (Wildman–Crippen MR) is 59.8 cm³/mol. The molecule has 2 atom stereocenters. The van der Waals surface area contributed by atoms with Crippen molar-refractivity contribution < 1.29 is 0 Å². The highest BCUT2D eigenvalue weighted by Gasteiger charge is 2.36. The van der Waals surface area contributed by atoms with E-state index in [1.54, 1.807) is 0 Å². The minimum absolute atomic E-state index is 0.0627. The third kappa shape index (κ3) is 3.01. The summed E-state index contributed by atoms with van der Waals surface area (Å²) in [6.45, 7) is 4.52. The fourth-order valence-electron chi connectivity index (χ4n) is 2.67. The van der Waals surface area contributed by atoms with E-state index in [0.717, 1.165) is 25.2 Å². The van der Waals surface area contributed by atoms with Crippen LogP contribution in [0.1, 0.15) is 65.2 Å². The first-order valence-electron chi connectivity index (χ1n) is 6.14. The lowest BCUT2D eigenvalue weighted by molar-refractivity contribution is 0.345. The average molecular weight is 193 g/mol. The largest absolute Gasteiger partial charge is 0.198 e. The van der Waals surface area contributed by atoms with Gasteiger partial charge in [0.15, 0.2) is 0 Å².